The molecule has 0 aliphatic carbocycles. The maximum atomic E-state index is 12.0. The van der Waals surface area contributed by atoms with Crippen molar-refractivity contribution < 1.29 is 4.79 Å². The lowest BCUT2D eigenvalue weighted by atomic mass is 10.1. The van der Waals surface area contributed by atoms with Gasteiger partial charge in [0.15, 0.2) is 0 Å². The highest BCUT2D eigenvalue weighted by atomic mass is 16.2. The van der Waals surface area contributed by atoms with Crippen molar-refractivity contribution in [2.75, 3.05) is 42.9 Å². The lowest BCUT2D eigenvalue weighted by Crippen LogP contribution is -2.52. The van der Waals surface area contributed by atoms with Gasteiger partial charge in [0.05, 0.1) is 0 Å². The molecule has 1 N–H and O–H groups in total. The second-order valence-corrected chi connectivity index (χ2v) is 6.04. The summed E-state index contributed by atoms with van der Waals surface area (Å²) < 4.78 is 0. The Labute approximate surface area is 140 Å². The maximum absolute atomic E-state index is 12.0. The molecule has 2 aromatic rings. The van der Waals surface area contributed by atoms with Crippen LogP contribution in [0, 0.1) is 0 Å². The molecule has 3 rings (SSSR count). The summed E-state index contributed by atoms with van der Waals surface area (Å²) in [4.78, 5) is 38.9. The summed E-state index contributed by atoms with van der Waals surface area (Å²) in [5.41, 5.74) is 1.23. The van der Waals surface area contributed by atoms with Gasteiger partial charge in [-0.1, -0.05) is 30.3 Å². The van der Waals surface area contributed by atoms with Crippen LogP contribution in [0.4, 0.5) is 11.4 Å². The maximum Gasteiger partial charge on any atom is 0.253 e. The zero-order chi connectivity index (χ0) is 17.1. The van der Waals surface area contributed by atoms with E-state index < -0.39 is 10.9 Å². The van der Waals surface area contributed by atoms with E-state index in [1.54, 1.807) is 11.8 Å². The third-order valence-corrected chi connectivity index (χ3v) is 4.48. The van der Waals surface area contributed by atoms with Gasteiger partial charge >= 0.3 is 0 Å². The summed E-state index contributed by atoms with van der Waals surface area (Å²) in [6.45, 7) is 4.48. The van der Waals surface area contributed by atoms with Crippen molar-refractivity contribution in [3.05, 3.63) is 56.3 Å². The lowest BCUT2D eigenvalue weighted by Gasteiger charge is -2.36. The molecule has 2 aromatic carbocycles. The molecule has 1 saturated heterocycles. The first-order valence-corrected chi connectivity index (χ1v) is 8.19. The number of nitrogens with one attached hydrogen (secondary N) is 1. The minimum atomic E-state index is -0.438. The topological polar surface area (TPSA) is 69.7 Å². The van der Waals surface area contributed by atoms with E-state index in [0.29, 0.717) is 44.1 Å². The van der Waals surface area contributed by atoms with E-state index in [-0.39, 0.29) is 5.91 Å². The molecule has 0 radical (unpaired) electrons. The van der Waals surface area contributed by atoms with E-state index in [2.05, 4.69) is 5.32 Å². The molecule has 1 aliphatic rings. The predicted octanol–water partition coefficient (Wildman–Crippen LogP) is 0.606. The predicted molar refractivity (Wildman–Crippen MR) is 94.5 cm³/mol. The molecule has 0 atom stereocenters. The number of carbonyl (C=O) groups is 1. The van der Waals surface area contributed by atoms with E-state index in [1.165, 1.54) is 5.56 Å². The number of anilines is 2. The average Bonchev–Trinajstić information content (AvgIpc) is 2.61. The van der Waals surface area contributed by atoms with Crippen LogP contribution in [0.1, 0.15) is 12.5 Å². The van der Waals surface area contributed by atoms with E-state index in [0.717, 1.165) is 6.42 Å². The first kappa shape index (κ1) is 16.2. The zero-order valence-corrected chi connectivity index (χ0v) is 13.7. The Balaban J connectivity index is 1.62. The number of benzene rings is 1. The number of nitrogens with zero attached hydrogens (tertiary/aromatic N) is 2. The Kier molecular flexibility index (Phi) is 4.64. The summed E-state index contributed by atoms with van der Waals surface area (Å²) in [7, 11) is 0. The van der Waals surface area contributed by atoms with Crippen molar-refractivity contribution in [2.45, 2.75) is 13.3 Å². The first-order valence-electron chi connectivity index (χ1n) is 8.19. The Morgan fingerprint density at radius 3 is 2.33 bits per heavy atom. The molecule has 1 heterocycles. The van der Waals surface area contributed by atoms with Crippen molar-refractivity contribution in [1.29, 1.82) is 0 Å². The number of piperazine rings is 1. The van der Waals surface area contributed by atoms with Crippen molar-refractivity contribution in [1.82, 2.24) is 4.90 Å². The lowest BCUT2D eigenvalue weighted by molar-refractivity contribution is -0.129. The monoisotopic (exact) mass is 327 g/mol. The summed E-state index contributed by atoms with van der Waals surface area (Å²) in [5.74, 6) is 0.0425. The molecule has 24 heavy (non-hydrogen) atoms. The highest BCUT2D eigenvalue weighted by molar-refractivity contribution is 5.76. The van der Waals surface area contributed by atoms with Crippen LogP contribution in [0.2, 0.25) is 0 Å². The number of amides is 1. The van der Waals surface area contributed by atoms with Crippen molar-refractivity contribution in [3.63, 3.8) is 0 Å². The third-order valence-electron chi connectivity index (χ3n) is 4.48. The summed E-state index contributed by atoms with van der Waals surface area (Å²) >= 11 is 0. The molecule has 1 aliphatic heterocycles. The number of rotatable bonds is 5. The van der Waals surface area contributed by atoms with E-state index in [1.807, 2.05) is 35.2 Å². The third kappa shape index (κ3) is 3.18. The van der Waals surface area contributed by atoms with Gasteiger partial charge in [0.25, 0.3) is 10.9 Å². The summed E-state index contributed by atoms with van der Waals surface area (Å²) in [5, 5.41) is 3.12. The van der Waals surface area contributed by atoms with Gasteiger partial charge in [-0.2, -0.15) is 0 Å². The molecular formula is C18H21N3O3. The second-order valence-electron chi connectivity index (χ2n) is 6.04. The van der Waals surface area contributed by atoms with Crippen LogP contribution in [0.15, 0.2) is 39.9 Å². The molecule has 1 amide bonds. The van der Waals surface area contributed by atoms with Gasteiger partial charge in [-0.05, 0) is 12.0 Å². The van der Waals surface area contributed by atoms with Crippen molar-refractivity contribution >= 4 is 17.3 Å². The minimum absolute atomic E-state index is 0.0425. The fourth-order valence-corrected chi connectivity index (χ4v) is 3.07. The van der Waals surface area contributed by atoms with Crippen LogP contribution in [-0.4, -0.2) is 43.5 Å². The average molecular weight is 327 g/mol. The van der Waals surface area contributed by atoms with Gasteiger partial charge in [-0.15, -0.1) is 0 Å². The Morgan fingerprint density at radius 1 is 1.04 bits per heavy atom. The fourth-order valence-electron chi connectivity index (χ4n) is 3.07. The standard InChI is InChI=1S/C18H21N3O3/c1-13(22)20-9-11-21(12-10-20)16-15(17(23)18(16)24)19-8-7-14-5-3-2-4-6-14/h2-6,19H,7-12H2,1H3. The van der Waals surface area contributed by atoms with Crippen LogP contribution in [0.3, 0.4) is 0 Å². The molecule has 6 nitrogen and oxygen atoms in total. The normalized spacial score (nSPS) is 14.9. The Hall–Kier alpha value is -2.63. The van der Waals surface area contributed by atoms with Gasteiger partial charge in [-0.3, -0.25) is 14.4 Å². The molecule has 0 spiro atoms. The molecule has 1 fully saturated rings. The number of hydrogen-bond donors (Lipinski definition) is 1. The van der Waals surface area contributed by atoms with E-state index >= 15 is 0 Å². The molecule has 0 unspecified atom stereocenters. The number of carbonyl (C=O) groups excluding carboxylic acids is 1. The largest absolute Gasteiger partial charge is 0.380 e. The van der Waals surface area contributed by atoms with Crippen LogP contribution < -0.4 is 21.1 Å². The Morgan fingerprint density at radius 2 is 1.71 bits per heavy atom. The molecule has 0 saturated carbocycles. The van der Waals surface area contributed by atoms with Crippen LogP contribution in [0.5, 0.6) is 0 Å². The molecule has 0 bridgehead atoms. The van der Waals surface area contributed by atoms with E-state index in [4.69, 9.17) is 0 Å². The number of hydrogen-bond acceptors (Lipinski definition) is 5. The van der Waals surface area contributed by atoms with Crippen LogP contribution >= 0.6 is 0 Å². The first-order chi connectivity index (χ1) is 11.6. The van der Waals surface area contributed by atoms with Crippen LogP contribution in [-0.2, 0) is 11.2 Å². The quantitative estimate of drug-likeness (QED) is 0.815. The molecule has 6 heteroatoms. The highest BCUT2D eigenvalue weighted by Gasteiger charge is 2.28. The van der Waals surface area contributed by atoms with Gasteiger partial charge in [0, 0.05) is 39.6 Å². The Bertz CT molecular complexity index is 786. The SMILES string of the molecule is CC(=O)N1CCN(c2c(NCCc3ccccc3)c(=O)c2=O)CC1. The van der Waals surface area contributed by atoms with Gasteiger partial charge in [-0.25, -0.2) is 0 Å². The minimum Gasteiger partial charge on any atom is -0.380 e. The smallest absolute Gasteiger partial charge is 0.253 e. The fraction of sp³-hybridized carbons (Fsp3) is 0.389. The van der Waals surface area contributed by atoms with Crippen molar-refractivity contribution in [3.8, 4) is 0 Å². The molecule has 0 aromatic heterocycles. The highest BCUT2D eigenvalue weighted by Crippen LogP contribution is 2.21. The van der Waals surface area contributed by atoms with Gasteiger partial charge < -0.3 is 15.1 Å². The zero-order valence-electron chi connectivity index (χ0n) is 13.7. The van der Waals surface area contributed by atoms with E-state index in [9.17, 15) is 14.4 Å². The van der Waals surface area contributed by atoms with Gasteiger partial charge in [0.1, 0.15) is 11.4 Å². The summed E-state index contributed by atoms with van der Waals surface area (Å²) in [6.07, 6.45) is 0.789. The van der Waals surface area contributed by atoms with Crippen molar-refractivity contribution in [2.24, 2.45) is 0 Å². The van der Waals surface area contributed by atoms with Crippen LogP contribution in [0.25, 0.3) is 0 Å². The van der Waals surface area contributed by atoms with Gasteiger partial charge in [0.2, 0.25) is 5.91 Å². The molecular weight excluding hydrogens is 306 g/mol. The second kappa shape index (κ2) is 6.86. The molecule has 126 valence electrons. The summed E-state index contributed by atoms with van der Waals surface area (Å²) in [6, 6.07) is 9.99.